The first-order valence-electron chi connectivity index (χ1n) is 8.19. The zero-order chi connectivity index (χ0) is 16.8. The quantitative estimate of drug-likeness (QED) is 0.797. The second-order valence-corrected chi connectivity index (χ2v) is 6.83. The van der Waals surface area contributed by atoms with Gasteiger partial charge in [0.15, 0.2) is 0 Å². The number of ether oxygens (including phenoxy) is 1. The van der Waals surface area contributed by atoms with Gasteiger partial charge >= 0.3 is 0 Å². The molecule has 0 atom stereocenters. The molecule has 2 N–H and O–H groups in total. The lowest BCUT2D eigenvalue weighted by Crippen LogP contribution is -2.04. The van der Waals surface area contributed by atoms with Crippen LogP contribution in [0.3, 0.4) is 0 Å². The first-order valence-corrected chi connectivity index (χ1v) is 8.57. The number of benzene rings is 1. The van der Waals surface area contributed by atoms with Gasteiger partial charge in [-0.1, -0.05) is 11.6 Å². The molecule has 0 spiro atoms. The van der Waals surface area contributed by atoms with Gasteiger partial charge < -0.3 is 15.0 Å². The van der Waals surface area contributed by atoms with Crippen molar-refractivity contribution in [1.82, 2.24) is 4.98 Å². The van der Waals surface area contributed by atoms with Crippen LogP contribution in [-0.2, 0) is 17.6 Å². The Kier molecular flexibility index (Phi) is 3.65. The van der Waals surface area contributed by atoms with Gasteiger partial charge in [0.05, 0.1) is 24.1 Å². The lowest BCUT2D eigenvalue weighted by molar-refractivity contribution is -0.110. The summed E-state index contributed by atoms with van der Waals surface area (Å²) in [6.45, 7) is 1.95. The number of nitrogens with one attached hydrogen (secondary N) is 2. The minimum atomic E-state index is -0.106. The Balaban J connectivity index is 1.86. The number of hydrogen-bond acceptors (Lipinski definition) is 2. The van der Waals surface area contributed by atoms with Crippen LogP contribution >= 0.6 is 11.6 Å². The highest BCUT2D eigenvalue weighted by Crippen LogP contribution is 2.40. The molecule has 2 aromatic rings. The highest BCUT2D eigenvalue weighted by atomic mass is 35.5. The Labute approximate surface area is 145 Å². The predicted octanol–water partition coefficient (Wildman–Crippen LogP) is 4.36. The minimum absolute atomic E-state index is 0.106. The SMILES string of the molecule is COc1c(C=C2C(=O)Nc3c(C)cc(Cl)cc32)[nH]c2c1CCCC2. The largest absolute Gasteiger partial charge is 0.494 e. The monoisotopic (exact) mass is 342 g/mol. The van der Waals surface area contributed by atoms with E-state index in [1.54, 1.807) is 7.11 Å². The van der Waals surface area contributed by atoms with Crippen molar-refractivity contribution < 1.29 is 9.53 Å². The van der Waals surface area contributed by atoms with E-state index in [0.717, 1.165) is 41.1 Å². The highest BCUT2D eigenvalue weighted by molar-refractivity contribution is 6.37. The number of methoxy groups -OCH3 is 1. The molecule has 1 aromatic heterocycles. The second-order valence-electron chi connectivity index (χ2n) is 6.39. The molecule has 0 radical (unpaired) electrons. The van der Waals surface area contributed by atoms with E-state index in [2.05, 4.69) is 10.3 Å². The number of carbonyl (C=O) groups is 1. The van der Waals surface area contributed by atoms with Gasteiger partial charge in [-0.2, -0.15) is 0 Å². The normalized spacial score (nSPS) is 17.6. The van der Waals surface area contributed by atoms with Crippen LogP contribution in [0, 0.1) is 6.92 Å². The topological polar surface area (TPSA) is 54.1 Å². The fraction of sp³-hybridized carbons (Fsp3) is 0.316. The van der Waals surface area contributed by atoms with Crippen LogP contribution in [0.5, 0.6) is 5.75 Å². The maximum absolute atomic E-state index is 12.5. The smallest absolute Gasteiger partial charge is 0.256 e. The third-order valence-corrected chi connectivity index (χ3v) is 5.06. The molecule has 0 unspecified atom stereocenters. The molecule has 2 aliphatic rings. The average molecular weight is 343 g/mol. The number of anilines is 1. The predicted molar refractivity (Wildman–Crippen MR) is 96.7 cm³/mol. The summed E-state index contributed by atoms with van der Waals surface area (Å²) in [5.41, 5.74) is 6.60. The van der Waals surface area contributed by atoms with Gasteiger partial charge in [0, 0.05) is 21.8 Å². The molecule has 124 valence electrons. The summed E-state index contributed by atoms with van der Waals surface area (Å²) >= 11 is 6.19. The number of H-pyrrole nitrogens is 1. The molecule has 0 bridgehead atoms. The summed E-state index contributed by atoms with van der Waals surface area (Å²) in [6.07, 6.45) is 6.29. The van der Waals surface area contributed by atoms with Gasteiger partial charge in [0.2, 0.25) is 0 Å². The fourth-order valence-electron chi connectivity index (χ4n) is 3.72. The van der Waals surface area contributed by atoms with Gasteiger partial charge in [-0.25, -0.2) is 0 Å². The number of fused-ring (bicyclic) bond motifs is 2. The summed E-state index contributed by atoms with van der Waals surface area (Å²) in [6, 6.07) is 3.69. The Bertz CT molecular complexity index is 880. The van der Waals surface area contributed by atoms with E-state index in [1.807, 2.05) is 25.1 Å². The first-order chi connectivity index (χ1) is 11.6. The number of aromatic nitrogens is 1. The molecule has 5 heteroatoms. The number of aromatic amines is 1. The molecule has 0 saturated carbocycles. The lowest BCUT2D eigenvalue weighted by Gasteiger charge is -2.11. The van der Waals surface area contributed by atoms with Crippen molar-refractivity contribution in [2.24, 2.45) is 0 Å². The highest BCUT2D eigenvalue weighted by Gasteiger charge is 2.28. The van der Waals surface area contributed by atoms with Gasteiger partial charge in [0.1, 0.15) is 5.75 Å². The molecule has 1 aliphatic heterocycles. The van der Waals surface area contributed by atoms with Crippen LogP contribution < -0.4 is 10.1 Å². The average Bonchev–Trinajstić information content (AvgIpc) is 3.06. The molecule has 24 heavy (non-hydrogen) atoms. The maximum Gasteiger partial charge on any atom is 0.256 e. The van der Waals surface area contributed by atoms with Crippen LogP contribution in [0.15, 0.2) is 12.1 Å². The summed E-state index contributed by atoms with van der Waals surface area (Å²) in [5.74, 6) is 0.752. The molecule has 1 aromatic carbocycles. The molecular weight excluding hydrogens is 324 g/mol. The summed E-state index contributed by atoms with van der Waals surface area (Å²) in [4.78, 5) is 15.9. The number of rotatable bonds is 2. The van der Waals surface area contributed by atoms with Crippen LogP contribution in [0.25, 0.3) is 11.6 Å². The van der Waals surface area contributed by atoms with Gasteiger partial charge in [-0.3, -0.25) is 4.79 Å². The summed E-state index contributed by atoms with van der Waals surface area (Å²) < 4.78 is 5.63. The minimum Gasteiger partial charge on any atom is -0.494 e. The van der Waals surface area contributed by atoms with Crippen molar-refractivity contribution >= 4 is 34.8 Å². The van der Waals surface area contributed by atoms with E-state index in [0.29, 0.717) is 10.6 Å². The van der Waals surface area contributed by atoms with Crippen LogP contribution in [0.4, 0.5) is 5.69 Å². The van der Waals surface area contributed by atoms with Crippen LogP contribution in [-0.4, -0.2) is 18.0 Å². The number of amides is 1. The summed E-state index contributed by atoms with van der Waals surface area (Å²) in [7, 11) is 1.68. The fourth-order valence-corrected chi connectivity index (χ4v) is 4.00. The van der Waals surface area contributed by atoms with E-state index in [-0.39, 0.29) is 5.91 Å². The Morgan fingerprint density at radius 2 is 2.04 bits per heavy atom. The van der Waals surface area contributed by atoms with Crippen molar-refractivity contribution in [2.75, 3.05) is 12.4 Å². The van der Waals surface area contributed by atoms with Crippen molar-refractivity contribution in [3.63, 3.8) is 0 Å². The molecule has 4 rings (SSSR count). The van der Waals surface area contributed by atoms with E-state index in [1.165, 1.54) is 24.1 Å². The van der Waals surface area contributed by atoms with Crippen molar-refractivity contribution in [3.8, 4) is 5.75 Å². The van der Waals surface area contributed by atoms with E-state index >= 15 is 0 Å². The molecule has 2 heterocycles. The molecule has 0 saturated heterocycles. The number of halogens is 1. The standard InChI is InChI=1S/C19H19ClN2O2/c1-10-7-11(20)8-13-14(19(23)22-17(10)13)9-16-18(24-2)12-5-3-4-6-15(12)21-16/h7-9,21H,3-6H2,1-2H3,(H,22,23). The molecule has 4 nitrogen and oxygen atoms in total. The second kappa shape index (κ2) is 5.71. The zero-order valence-corrected chi connectivity index (χ0v) is 14.5. The Morgan fingerprint density at radius 3 is 2.83 bits per heavy atom. The van der Waals surface area contributed by atoms with Gasteiger partial charge in [-0.05, 0) is 56.4 Å². The Hall–Kier alpha value is -2.20. The van der Waals surface area contributed by atoms with Crippen LogP contribution in [0.1, 0.15) is 40.9 Å². The molecule has 0 fully saturated rings. The van der Waals surface area contributed by atoms with Crippen molar-refractivity contribution in [2.45, 2.75) is 32.6 Å². The van der Waals surface area contributed by atoms with Crippen molar-refractivity contribution in [3.05, 3.63) is 45.2 Å². The van der Waals surface area contributed by atoms with Crippen LogP contribution in [0.2, 0.25) is 5.02 Å². The van der Waals surface area contributed by atoms with E-state index in [9.17, 15) is 4.79 Å². The van der Waals surface area contributed by atoms with Gasteiger partial charge in [0.25, 0.3) is 5.91 Å². The third kappa shape index (κ3) is 2.33. The molecule has 1 aliphatic carbocycles. The number of aryl methyl sites for hydroxylation is 2. The maximum atomic E-state index is 12.5. The first kappa shape index (κ1) is 15.3. The van der Waals surface area contributed by atoms with Gasteiger partial charge in [-0.15, -0.1) is 0 Å². The zero-order valence-electron chi connectivity index (χ0n) is 13.8. The van der Waals surface area contributed by atoms with E-state index in [4.69, 9.17) is 16.3 Å². The number of hydrogen-bond donors (Lipinski definition) is 2. The third-order valence-electron chi connectivity index (χ3n) is 4.84. The molecular formula is C19H19ClN2O2. The Morgan fingerprint density at radius 1 is 1.25 bits per heavy atom. The van der Waals surface area contributed by atoms with Crippen molar-refractivity contribution in [1.29, 1.82) is 0 Å². The molecule has 1 amide bonds. The summed E-state index contributed by atoms with van der Waals surface area (Å²) in [5, 5.41) is 3.57. The lowest BCUT2D eigenvalue weighted by atomic mass is 9.97. The number of carbonyl (C=O) groups excluding carboxylic acids is 1. The van der Waals surface area contributed by atoms with E-state index < -0.39 is 0 Å².